The average molecular weight is 367 g/mol. The van der Waals surface area contributed by atoms with Crippen LogP contribution in [0.5, 0.6) is 0 Å². The minimum absolute atomic E-state index is 0.0675. The van der Waals surface area contributed by atoms with E-state index in [1.54, 1.807) is 24.3 Å². The third kappa shape index (κ3) is 4.08. The van der Waals surface area contributed by atoms with Gasteiger partial charge in [0, 0.05) is 15.1 Å². The van der Waals surface area contributed by atoms with Gasteiger partial charge in [-0.3, -0.25) is 4.79 Å². The van der Waals surface area contributed by atoms with Crippen LogP contribution in [0.25, 0.3) is 0 Å². The van der Waals surface area contributed by atoms with E-state index in [1.165, 1.54) is 5.56 Å². The second-order valence-corrected chi connectivity index (χ2v) is 7.20. The van der Waals surface area contributed by atoms with Crippen LogP contribution >= 0.6 is 27.5 Å². The zero-order chi connectivity index (χ0) is 15.6. The van der Waals surface area contributed by atoms with Crippen molar-refractivity contribution in [1.82, 2.24) is 0 Å². The summed E-state index contributed by atoms with van der Waals surface area (Å²) in [5.41, 5.74) is 2.55. The summed E-state index contributed by atoms with van der Waals surface area (Å²) in [5.74, 6) is -0.179. The van der Waals surface area contributed by atoms with Crippen molar-refractivity contribution in [2.45, 2.75) is 26.2 Å². The van der Waals surface area contributed by atoms with Crippen LogP contribution in [-0.4, -0.2) is 5.91 Å². The summed E-state index contributed by atoms with van der Waals surface area (Å²) in [4.78, 5) is 12.2. The van der Waals surface area contributed by atoms with Crippen molar-refractivity contribution in [3.63, 3.8) is 0 Å². The first-order valence-electron chi connectivity index (χ1n) is 6.64. The van der Waals surface area contributed by atoms with Gasteiger partial charge >= 0.3 is 0 Å². The maximum absolute atomic E-state index is 12.2. The molecule has 0 saturated heterocycles. The second kappa shape index (κ2) is 6.20. The Hall–Kier alpha value is -1.32. The van der Waals surface area contributed by atoms with E-state index in [4.69, 9.17) is 11.6 Å². The standard InChI is InChI=1S/C17H17BrClNO/c1-17(2,3)12-7-8-15(14(18)10-12)20-16(21)11-5-4-6-13(19)9-11/h4-10H,1-3H3,(H,20,21). The number of nitrogens with one attached hydrogen (secondary N) is 1. The lowest BCUT2D eigenvalue weighted by Crippen LogP contribution is -2.14. The summed E-state index contributed by atoms with van der Waals surface area (Å²) < 4.78 is 0.866. The van der Waals surface area contributed by atoms with E-state index in [-0.39, 0.29) is 11.3 Å². The highest BCUT2D eigenvalue weighted by Crippen LogP contribution is 2.30. The molecule has 2 aromatic rings. The van der Waals surface area contributed by atoms with Gasteiger partial charge in [-0.15, -0.1) is 0 Å². The van der Waals surface area contributed by atoms with Gasteiger partial charge in [0.1, 0.15) is 0 Å². The zero-order valence-corrected chi connectivity index (χ0v) is 14.5. The van der Waals surface area contributed by atoms with Crippen LogP contribution < -0.4 is 5.32 Å². The number of hydrogen-bond acceptors (Lipinski definition) is 1. The van der Waals surface area contributed by atoms with Crippen LogP contribution in [0.1, 0.15) is 36.7 Å². The molecule has 110 valence electrons. The van der Waals surface area contributed by atoms with Crippen LogP contribution in [-0.2, 0) is 5.41 Å². The van der Waals surface area contributed by atoms with Crippen LogP contribution in [0, 0.1) is 0 Å². The molecule has 0 aromatic heterocycles. The largest absolute Gasteiger partial charge is 0.321 e. The molecule has 21 heavy (non-hydrogen) atoms. The molecule has 2 rings (SSSR count). The topological polar surface area (TPSA) is 29.1 Å². The molecular formula is C17H17BrClNO. The van der Waals surface area contributed by atoms with Gasteiger partial charge in [-0.05, 0) is 57.2 Å². The van der Waals surface area contributed by atoms with Crippen LogP contribution in [0.3, 0.4) is 0 Å². The Bertz CT molecular complexity index is 677. The molecule has 1 amide bonds. The van der Waals surface area contributed by atoms with E-state index in [9.17, 15) is 4.79 Å². The Kier molecular flexibility index (Phi) is 4.74. The number of anilines is 1. The molecule has 1 N–H and O–H groups in total. The minimum Gasteiger partial charge on any atom is -0.321 e. The van der Waals surface area contributed by atoms with Crippen LogP contribution in [0.15, 0.2) is 46.9 Å². The number of hydrogen-bond donors (Lipinski definition) is 1. The van der Waals surface area contributed by atoms with E-state index >= 15 is 0 Å². The van der Waals surface area contributed by atoms with Crippen molar-refractivity contribution >= 4 is 39.1 Å². The molecule has 0 heterocycles. The Morgan fingerprint density at radius 1 is 1.14 bits per heavy atom. The summed E-state index contributed by atoms with van der Waals surface area (Å²) in [6, 6.07) is 12.9. The fraction of sp³-hybridized carbons (Fsp3) is 0.235. The second-order valence-electron chi connectivity index (χ2n) is 5.91. The summed E-state index contributed by atoms with van der Waals surface area (Å²) in [6.07, 6.45) is 0. The third-order valence-corrected chi connectivity index (χ3v) is 4.06. The number of benzene rings is 2. The first-order valence-corrected chi connectivity index (χ1v) is 7.81. The molecule has 0 saturated carbocycles. The smallest absolute Gasteiger partial charge is 0.255 e. The molecule has 0 spiro atoms. The fourth-order valence-corrected chi connectivity index (χ4v) is 2.58. The van der Waals surface area contributed by atoms with E-state index in [0.29, 0.717) is 10.6 Å². The minimum atomic E-state index is -0.179. The first kappa shape index (κ1) is 16.1. The Morgan fingerprint density at radius 2 is 1.86 bits per heavy atom. The lowest BCUT2D eigenvalue weighted by Gasteiger charge is -2.20. The predicted molar refractivity (Wildman–Crippen MR) is 92.2 cm³/mol. The van der Waals surface area contributed by atoms with Crippen molar-refractivity contribution in [2.24, 2.45) is 0 Å². The quantitative estimate of drug-likeness (QED) is 0.731. The van der Waals surface area contributed by atoms with E-state index in [1.807, 2.05) is 18.2 Å². The predicted octanol–water partition coefficient (Wildman–Crippen LogP) is 5.65. The van der Waals surface area contributed by atoms with Gasteiger partial charge < -0.3 is 5.32 Å². The molecule has 0 aliphatic carbocycles. The van der Waals surface area contributed by atoms with Gasteiger partial charge in [-0.2, -0.15) is 0 Å². The van der Waals surface area contributed by atoms with Crippen LogP contribution in [0.4, 0.5) is 5.69 Å². The van der Waals surface area contributed by atoms with Crippen molar-refractivity contribution in [1.29, 1.82) is 0 Å². The fourth-order valence-electron chi connectivity index (χ4n) is 1.91. The highest BCUT2D eigenvalue weighted by Gasteiger charge is 2.16. The summed E-state index contributed by atoms with van der Waals surface area (Å²) >= 11 is 9.42. The molecule has 2 nitrogen and oxygen atoms in total. The maximum Gasteiger partial charge on any atom is 0.255 e. The van der Waals surface area contributed by atoms with Gasteiger partial charge in [-0.25, -0.2) is 0 Å². The summed E-state index contributed by atoms with van der Waals surface area (Å²) in [7, 11) is 0. The molecule has 0 aliphatic heterocycles. The highest BCUT2D eigenvalue weighted by atomic mass is 79.9. The first-order chi connectivity index (χ1) is 9.77. The number of rotatable bonds is 2. The molecule has 0 bridgehead atoms. The maximum atomic E-state index is 12.2. The van der Waals surface area contributed by atoms with Gasteiger partial charge in [0.2, 0.25) is 0 Å². The number of halogens is 2. The molecule has 0 atom stereocenters. The zero-order valence-electron chi connectivity index (χ0n) is 12.2. The van der Waals surface area contributed by atoms with Gasteiger partial charge in [0.25, 0.3) is 5.91 Å². The summed E-state index contributed by atoms with van der Waals surface area (Å²) in [5, 5.41) is 3.43. The number of amides is 1. The van der Waals surface area contributed by atoms with Crippen molar-refractivity contribution in [3.05, 3.63) is 63.1 Å². The van der Waals surface area contributed by atoms with E-state index in [0.717, 1.165) is 10.2 Å². The van der Waals surface area contributed by atoms with Gasteiger partial charge in [0.15, 0.2) is 0 Å². The van der Waals surface area contributed by atoms with Gasteiger partial charge in [-0.1, -0.05) is 44.5 Å². The lowest BCUT2D eigenvalue weighted by molar-refractivity contribution is 0.102. The van der Waals surface area contributed by atoms with Crippen molar-refractivity contribution in [3.8, 4) is 0 Å². The van der Waals surface area contributed by atoms with Crippen molar-refractivity contribution in [2.75, 3.05) is 5.32 Å². The van der Waals surface area contributed by atoms with Crippen molar-refractivity contribution < 1.29 is 4.79 Å². The Labute approximate surface area is 138 Å². The molecule has 0 unspecified atom stereocenters. The molecular weight excluding hydrogens is 350 g/mol. The lowest BCUT2D eigenvalue weighted by atomic mass is 9.87. The monoisotopic (exact) mass is 365 g/mol. The normalized spacial score (nSPS) is 11.3. The highest BCUT2D eigenvalue weighted by molar-refractivity contribution is 9.10. The Balaban J connectivity index is 2.22. The van der Waals surface area contributed by atoms with Crippen LogP contribution in [0.2, 0.25) is 5.02 Å². The average Bonchev–Trinajstić information content (AvgIpc) is 2.39. The molecule has 0 fully saturated rings. The van der Waals surface area contributed by atoms with E-state index < -0.39 is 0 Å². The number of carbonyl (C=O) groups is 1. The third-order valence-electron chi connectivity index (χ3n) is 3.17. The molecule has 0 aliphatic rings. The molecule has 0 radical (unpaired) electrons. The van der Waals surface area contributed by atoms with Gasteiger partial charge in [0.05, 0.1) is 5.69 Å². The summed E-state index contributed by atoms with van der Waals surface area (Å²) in [6.45, 7) is 6.46. The van der Waals surface area contributed by atoms with E-state index in [2.05, 4.69) is 42.0 Å². The SMILES string of the molecule is CC(C)(C)c1ccc(NC(=O)c2cccc(Cl)c2)c(Br)c1. The molecule has 4 heteroatoms. The Morgan fingerprint density at radius 3 is 2.43 bits per heavy atom. The number of carbonyl (C=O) groups excluding carboxylic acids is 1. The molecule has 2 aromatic carbocycles.